The predicted octanol–water partition coefficient (Wildman–Crippen LogP) is 1.44. The molecule has 1 N–H and O–H groups in total. The van der Waals surface area contributed by atoms with Crippen LogP contribution in [-0.2, 0) is 6.18 Å². The molecule has 1 atom stereocenters. The number of alkyl halides is 3. The van der Waals surface area contributed by atoms with E-state index in [-0.39, 0.29) is 18.5 Å². The van der Waals surface area contributed by atoms with E-state index in [1.165, 1.54) is 12.1 Å². The quantitative estimate of drug-likeness (QED) is 0.856. The van der Waals surface area contributed by atoms with Crippen molar-refractivity contribution < 1.29 is 30.3 Å². The largest absolute Gasteiger partial charge is 1.00 e. The number of benzene rings is 2. The van der Waals surface area contributed by atoms with Gasteiger partial charge in [0.25, 0.3) is 0 Å². The van der Waals surface area contributed by atoms with E-state index in [2.05, 4.69) is 5.32 Å². The molecule has 0 aliphatic carbocycles. The summed E-state index contributed by atoms with van der Waals surface area (Å²) in [5, 5.41) is 3.05. The summed E-state index contributed by atoms with van der Waals surface area (Å²) in [7, 11) is 1.85. The fourth-order valence-corrected chi connectivity index (χ4v) is 2.12. The first-order chi connectivity index (χ1) is 10.5. The molecule has 0 fully saturated rings. The standard InChI is InChI=1S/C17H18F3NO.ClH/c1-21-12-11-16(13-5-3-2-4-6-13)22-15-9-7-14(8-10-15)17(18,19)20;/h2-10,16,21H,11-12H2,1H3;1H/p-1/t16-;/m0./s1. The Bertz CT molecular complexity index is 573. The average molecular weight is 345 g/mol. The molecule has 2 aromatic rings. The third-order valence-corrected chi connectivity index (χ3v) is 3.29. The van der Waals surface area contributed by atoms with Gasteiger partial charge in [-0.25, -0.2) is 0 Å². The Hall–Kier alpha value is -1.72. The lowest BCUT2D eigenvalue weighted by molar-refractivity contribution is -0.137. The summed E-state index contributed by atoms with van der Waals surface area (Å²) >= 11 is 0. The van der Waals surface area contributed by atoms with Gasteiger partial charge in [0.05, 0.1) is 5.56 Å². The van der Waals surface area contributed by atoms with E-state index < -0.39 is 11.7 Å². The van der Waals surface area contributed by atoms with Crippen molar-refractivity contribution in [2.24, 2.45) is 0 Å². The average Bonchev–Trinajstić information content (AvgIpc) is 2.52. The van der Waals surface area contributed by atoms with Crippen LogP contribution < -0.4 is 22.5 Å². The van der Waals surface area contributed by atoms with Crippen molar-refractivity contribution in [1.82, 2.24) is 5.32 Å². The molecule has 0 unspecified atom stereocenters. The lowest BCUT2D eigenvalue weighted by atomic mass is 10.1. The first kappa shape index (κ1) is 19.3. The highest BCUT2D eigenvalue weighted by molar-refractivity contribution is 5.30. The van der Waals surface area contributed by atoms with Crippen molar-refractivity contribution in [1.29, 1.82) is 0 Å². The summed E-state index contributed by atoms with van der Waals surface area (Å²) in [6.07, 6.45) is -3.81. The topological polar surface area (TPSA) is 21.3 Å². The molecule has 23 heavy (non-hydrogen) atoms. The molecule has 0 saturated carbocycles. The van der Waals surface area contributed by atoms with Gasteiger partial charge < -0.3 is 22.5 Å². The molecule has 0 saturated heterocycles. The number of hydrogen-bond acceptors (Lipinski definition) is 2. The van der Waals surface area contributed by atoms with Crippen LogP contribution in [-0.4, -0.2) is 13.6 Å². The van der Waals surface area contributed by atoms with Crippen LogP contribution in [0.5, 0.6) is 5.75 Å². The van der Waals surface area contributed by atoms with E-state index in [9.17, 15) is 13.2 Å². The van der Waals surface area contributed by atoms with Gasteiger partial charge in [0.2, 0.25) is 0 Å². The lowest BCUT2D eigenvalue weighted by Gasteiger charge is -2.20. The molecule has 0 spiro atoms. The highest BCUT2D eigenvalue weighted by atomic mass is 35.5. The fourth-order valence-electron chi connectivity index (χ4n) is 2.12. The number of halogens is 4. The van der Waals surface area contributed by atoms with E-state index in [4.69, 9.17) is 4.74 Å². The highest BCUT2D eigenvalue weighted by Gasteiger charge is 2.30. The van der Waals surface area contributed by atoms with Crippen LogP contribution in [0.25, 0.3) is 0 Å². The SMILES string of the molecule is CNCC[C@H](Oc1ccc(C(F)(F)F)cc1)c1ccccc1.[Cl-]. The minimum atomic E-state index is -4.33. The third kappa shape index (κ3) is 5.77. The molecule has 2 nitrogen and oxygen atoms in total. The van der Waals surface area contributed by atoms with Crippen molar-refractivity contribution in [3.05, 3.63) is 65.7 Å². The van der Waals surface area contributed by atoms with Gasteiger partial charge in [0, 0.05) is 6.42 Å². The van der Waals surface area contributed by atoms with Crippen LogP contribution in [0, 0.1) is 0 Å². The van der Waals surface area contributed by atoms with Gasteiger partial charge in [-0.3, -0.25) is 0 Å². The second kappa shape index (κ2) is 8.79. The minimum Gasteiger partial charge on any atom is -1.00 e. The molecule has 0 bridgehead atoms. The molecular formula is C17H18ClF3NO-. The molecule has 0 radical (unpaired) electrons. The van der Waals surface area contributed by atoms with Crippen LogP contribution in [0.1, 0.15) is 23.7 Å². The van der Waals surface area contributed by atoms with Gasteiger partial charge in [-0.05, 0) is 43.4 Å². The summed E-state index contributed by atoms with van der Waals surface area (Å²) < 4.78 is 43.6. The molecular weight excluding hydrogens is 327 g/mol. The molecule has 2 aromatic carbocycles. The Balaban J connectivity index is 0.00000264. The summed E-state index contributed by atoms with van der Waals surface area (Å²) in [5.74, 6) is 0.429. The smallest absolute Gasteiger partial charge is 0.416 e. The van der Waals surface area contributed by atoms with E-state index in [1.807, 2.05) is 37.4 Å². The second-order valence-electron chi connectivity index (χ2n) is 4.93. The van der Waals surface area contributed by atoms with Crippen LogP contribution >= 0.6 is 0 Å². The molecule has 0 aliphatic heterocycles. The van der Waals surface area contributed by atoms with Gasteiger partial charge in [-0.1, -0.05) is 30.3 Å². The van der Waals surface area contributed by atoms with Crippen LogP contribution in [0.15, 0.2) is 54.6 Å². The Morgan fingerprint density at radius 3 is 2.13 bits per heavy atom. The monoisotopic (exact) mass is 344 g/mol. The maximum atomic E-state index is 12.6. The molecule has 0 heterocycles. The Kier molecular flexibility index (Phi) is 7.39. The highest BCUT2D eigenvalue weighted by Crippen LogP contribution is 2.31. The van der Waals surface area contributed by atoms with Crippen LogP contribution in [0.3, 0.4) is 0 Å². The number of ether oxygens (including phenoxy) is 1. The van der Waals surface area contributed by atoms with E-state index in [0.29, 0.717) is 5.75 Å². The first-order valence-corrected chi connectivity index (χ1v) is 7.04. The van der Waals surface area contributed by atoms with Crippen molar-refractivity contribution in [2.75, 3.05) is 13.6 Å². The van der Waals surface area contributed by atoms with Crippen molar-refractivity contribution >= 4 is 0 Å². The molecule has 2 rings (SSSR count). The van der Waals surface area contributed by atoms with Gasteiger partial charge in [0.1, 0.15) is 11.9 Å². The molecule has 0 amide bonds. The van der Waals surface area contributed by atoms with E-state index >= 15 is 0 Å². The van der Waals surface area contributed by atoms with Crippen LogP contribution in [0.4, 0.5) is 13.2 Å². The van der Waals surface area contributed by atoms with Gasteiger partial charge in [-0.2, -0.15) is 13.2 Å². The van der Waals surface area contributed by atoms with E-state index in [1.54, 1.807) is 0 Å². The van der Waals surface area contributed by atoms with Crippen LogP contribution in [0.2, 0.25) is 0 Å². The van der Waals surface area contributed by atoms with E-state index in [0.717, 1.165) is 30.7 Å². The summed E-state index contributed by atoms with van der Waals surface area (Å²) in [6.45, 7) is 0.750. The van der Waals surface area contributed by atoms with Crippen molar-refractivity contribution in [3.8, 4) is 5.75 Å². The number of hydrogen-bond donors (Lipinski definition) is 1. The normalized spacial score (nSPS) is 12.3. The first-order valence-electron chi connectivity index (χ1n) is 7.04. The summed E-state index contributed by atoms with van der Waals surface area (Å²) in [5.41, 5.74) is 0.323. The van der Waals surface area contributed by atoms with Gasteiger partial charge in [-0.15, -0.1) is 0 Å². The Morgan fingerprint density at radius 1 is 1.00 bits per heavy atom. The van der Waals surface area contributed by atoms with Crippen molar-refractivity contribution in [2.45, 2.75) is 18.7 Å². The zero-order valence-electron chi connectivity index (χ0n) is 12.6. The fraction of sp³-hybridized carbons (Fsp3) is 0.294. The van der Waals surface area contributed by atoms with Crippen molar-refractivity contribution in [3.63, 3.8) is 0 Å². The second-order valence-corrected chi connectivity index (χ2v) is 4.93. The maximum absolute atomic E-state index is 12.6. The minimum absolute atomic E-state index is 0. The number of rotatable bonds is 6. The molecule has 0 aromatic heterocycles. The summed E-state index contributed by atoms with van der Waals surface area (Å²) in [4.78, 5) is 0. The predicted molar refractivity (Wildman–Crippen MR) is 79.8 cm³/mol. The molecule has 6 heteroatoms. The Labute approximate surface area is 140 Å². The molecule has 126 valence electrons. The maximum Gasteiger partial charge on any atom is 0.416 e. The van der Waals surface area contributed by atoms with Gasteiger partial charge >= 0.3 is 6.18 Å². The molecule has 0 aliphatic rings. The summed E-state index contributed by atoms with van der Waals surface area (Å²) in [6, 6.07) is 14.4. The zero-order valence-corrected chi connectivity index (χ0v) is 13.4. The zero-order chi connectivity index (χ0) is 16.0. The van der Waals surface area contributed by atoms with Gasteiger partial charge in [0.15, 0.2) is 0 Å². The lowest BCUT2D eigenvalue weighted by Crippen LogP contribution is -3.00. The number of nitrogens with one attached hydrogen (secondary N) is 1. The third-order valence-electron chi connectivity index (χ3n) is 3.29. The Morgan fingerprint density at radius 2 is 1.61 bits per heavy atom.